The lowest BCUT2D eigenvalue weighted by atomic mass is 10.0. The Balaban J connectivity index is 1.83. The first-order valence-electron chi connectivity index (χ1n) is 6.80. The number of anilines is 1. The van der Waals surface area contributed by atoms with Crippen LogP contribution in [-0.2, 0) is 6.54 Å². The van der Waals surface area contributed by atoms with Crippen LogP contribution < -0.4 is 10.6 Å². The normalized spacial score (nSPS) is 19.4. The molecule has 6 nitrogen and oxygen atoms in total. The monoisotopic (exact) mass is 275 g/mol. The van der Waals surface area contributed by atoms with Crippen LogP contribution >= 0.6 is 0 Å². The molecule has 0 aromatic heterocycles. The lowest BCUT2D eigenvalue weighted by Gasteiger charge is -2.38. The largest absolute Gasteiger partial charge is 0.478 e. The summed E-state index contributed by atoms with van der Waals surface area (Å²) in [5.41, 5.74) is 1.77. The van der Waals surface area contributed by atoms with Gasteiger partial charge in [-0.25, -0.2) is 9.59 Å². The third-order valence-electron chi connectivity index (χ3n) is 3.95. The number of piperidine rings is 1. The maximum atomic E-state index is 12.2. The van der Waals surface area contributed by atoms with Crippen molar-refractivity contribution in [2.75, 3.05) is 18.4 Å². The summed E-state index contributed by atoms with van der Waals surface area (Å²) in [7, 11) is 0. The molecule has 2 heterocycles. The lowest BCUT2D eigenvalue weighted by molar-refractivity contribution is 0.0696. The smallest absolute Gasteiger partial charge is 0.335 e. The van der Waals surface area contributed by atoms with Crippen LogP contribution in [0.25, 0.3) is 0 Å². The van der Waals surface area contributed by atoms with Crippen LogP contribution in [0.3, 0.4) is 0 Å². The van der Waals surface area contributed by atoms with E-state index in [9.17, 15) is 9.59 Å². The van der Waals surface area contributed by atoms with E-state index in [2.05, 4.69) is 10.6 Å². The van der Waals surface area contributed by atoms with Crippen LogP contribution in [0.1, 0.15) is 28.8 Å². The van der Waals surface area contributed by atoms with E-state index in [1.54, 1.807) is 12.1 Å². The van der Waals surface area contributed by atoms with Crippen molar-refractivity contribution in [2.24, 2.45) is 0 Å². The second kappa shape index (κ2) is 5.13. The highest BCUT2D eigenvalue weighted by Crippen LogP contribution is 2.27. The predicted octanol–water partition coefficient (Wildman–Crippen LogP) is 1.48. The summed E-state index contributed by atoms with van der Waals surface area (Å²) in [5, 5.41) is 15.1. The number of carboxylic acids is 1. The van der Waals surface area contributed by atoms with Gasteiger partial charge in [-0.05, 0) is 43.6 Å². The maximum Gasteiger partial charge on any atom is 0.335 e. The standard InChI is InChI=1S/C14H17N3O3/c18-13(19)9-1-2-10-8-17(11-3-5-15-6-4-11)14(20)16-12(10)7-9/h1-2,7,11,15H,3-6,8H2,(H,16,20)(H,18,19). The van der Waals surface area contributed by atoms with Gasteiger partial charge in [0.15, 0.2) is 0 Å². The first kappa shape index (κ1) is 12.9. The molecular formula is C14H17N3O3. The summed E-state index contributed by atoms with van der Waals surface area (Å²) in [6.45, 7) is 2.41. The fraction of sp³-hybridized carbons (Fsp3) is 0.429. The topological polar surface area (TPSA) is 81.7 Å². The number of carboxylic acid groups (broad SMARTS) is 1. The van der Waals surface area contributed by atoms with E-state index in [-0.39, 0.29) is 17.6 Å². The second-order valence-corrected chi connectivity index (χ2v) is 5.22. The number of amides is 2. The van der Waals surface area contributed by atoms with Gasteiger partial charge >= 0.3 is 12.0 Å². The van der Waals surface area contributed by atoms with Gasteiger partial charge in [-0.3, -0.25) is 0 Å². The quantitative estimate of drug-likeness (QED) is 0.763. The highest BCUT2D eigenvalue weighted by molar-refractivity contribution is 5.95. The lowest BCUT2D eigenvalue weighted by Crippen LogP contribution is -2.49. The molecule has 2 aliphatic heterocycles. The minimum atomic E-state index is -0.983. The Labute approximate surface area is 116 Å². The molecule has 0 spiro atoms. The molecule has 2 amide bonds. The molecule has 0 aliphatic carbocycles. The SMILES string of the molecule is O=C(O)c1ccc2c(c1)NC(=O)N(C1CCNCC1)C2. The van der Waals surface area contributed by atoms with Gasteiger partial charge in [-0.15, -0.1) is 0 Å². The van der Waals surface area contributed by atoms with Crippen molar-refractivity contribution in [1.82, 2.24) is 10.2 Å². The zero-order valence-corrected chi connectivity index (χ0v) is 11.1. The van der Waals surface area contributed by atoms with Crippen LogP contribution in [0.2, 0.25) is 0 Å². The minimum Gasteiger partial charge on any atom is -0.478 e. The summed E-state index contributed by atoms with van der Waals surface area (Å²) in [6.07, 6.45) is 1.91. The Hall–Kier alpha value is -2.08. The number of carbonyl (C=O) groups excluding carboxylic acids is 1. The van der Waals surface area contributed by atoms with Gasteiger partial charge in [0.1, 0.15) is 0 Å². The highest BCUT2D eigenvalue weighted by atomic mass is 16.4. The molecule has 1 fully saturated rings. The molecule has 2 aliphatic rings. The number of urea groups is 1. The second-order valence-electron chi connectivity index (χ2n) is 5.22. The Morgan fingerprint density at radius 3 is 2.75 bits per heavy atom. The third-order valence-corrected chi connectivity index (χ3v) is 3.95. The Morgan fingerprint density at radius 1 is 1.30 bits per heavy atom. The number of hydrogen-bond acceptors (Lipinski definition) is 3. The Morgan fingerprint density at radius 2 is 2.05 bits per heavy atom. The number of nitrogens with one attached hydrogen (secondary N) is 2. The van der Waals surface area contributed by atoms with Crippen LogP contribution in [0.15, 0.2) is 18.2 Å². The van der Waals surface area contributed by atoms with Crippen LogP contribution in [0.5, 0.6) is 0 Å². The number of aromatic carboxylic acids is 1. The summed E-state index contributed by atoms with van der Waals surface area (Å²) in [5.74, 6) is -0.983. The van der Waals surface area contributed by atoms with Crippen LogP contribution in [0.4, 0.5) is 10.5 Å². The predicted molar refractivity (Wildman–Crippen MR) is 73.9 cm³/mol. The van der Waals surface area contributed by atoms with E-state index in [1.165, 1.54) is 6.07 Å². The molecule has 6 heteroatoms. The van der Waals surface area contributed by atoms with Gasteiger partial charge in [-0.1, -0.05) is 6.07 Å². The van der Waals surface area contributed by atoms with Crippen molar-refractivity contribution in [2.45, 2.75) is 25.4 Å². The summed E-state index contributed by atoms with van der Waals surface area (Å²) >= 11 is 0. The Kier molecular flexibility index (Phi) is 3.31. The van der Waals surface area contributed by atoms with E-state index in [1.807, 2.05) is 4.90 Å². The number of nitrogens with zero attached hydrogens (tertiary/aromatic N) is 1. The van der Waals surface area contributed by atoms with E-state index >= 15 is 0 Å². The van der Waals surface area contributed by atoms with Gasteiger partial charge in [0.25, 0.3) is 0 Å². The molecule has 0 unspecified atom stereocenters. The molecule has 1 aromatic rings. The third kappa shape index (κ3) is 2.34. The van der Waals surface area contributed by atoms with Crippen molar-refractivity contribution < 1.29 is 14.7 Å². The van der Waals surface area contributed by atoms with E-state index < -0.39 is 5.97 Å². The summed E-state index contributed by atoms with van der Waals surface area (Å²) in [4.78, 5) is 25.0. The fourth-order valence-electron chi connectivity index (χ4n) is 2.82. The molecule has 0 saturated carbocycles. The molecule has 3 N–H and O–H groups in total. The number of fused-ring (bicyclic) bond motifs is 1. The van der Waals surface area contributed by atoms with E-state index in [4.69, 9.17) is 5.11 Å². The first-order valence-corrected chi connectivity index (χ1v) is 6.80. The summed E-state index contributed by atoms with van der Waals surface area (Å²) in [6, 6.07) is 5.01. The van der Waals surface area contributed by atoms with Gasteiger partial charge in [0.05, 0.1) is 5.56 Å². The van der Waals surface area contributed by atoms with Crippen molar-refractivity contribution in [3.8, 4) is 0 Å². The minimum absolute atomic E-state index is 0.132. The number of rotatable bonds is 2. The van der Waals surface area contributed by atoms with Crippen molar-refractivity contribution in [3.05, 3.63) is 29.3 Å². The van der Waals surface area contributed by atoms with Crippen molar-refractivity contribution in [3.63, 3.8) is 0 Å². The van der Waals surface area contributed by atoms with E-state index in [0.717, 1.165) is 31.5 Å². The Bertz CT molecular complexity index is 553. The molecule has 0 radical (unpaired) electrons. The molecule has 20 heavy (non-hydrogen) atoms. The van der Waals surface area contributed by atoms with Crippen LogP contribution in [0, 0.1) is 0 Å². The van der Waals surface area contributed by atoms with Gasteiger partial charge < -0.3 is 20.6 Å². The molecule has 106 valence electrons. The molecular weight excluding hydrogens is 258 g/mol. The average Bonchev–Trinajstić information content (AvgIpc) is 2.46. The molecule has 0 bridgehead atoms. The molecule has 3 rings (SSSR count). The summed E-state index contributed by atoms with van der Waals surface area (Å²) < 4.78 is 0. The van der Waals surface area contributed by atoms with Gasteiger partial charge in [0, 0.05) is 18.3 Å². The number of hydrogen-bond donors (Lipinski definition) is 3. The van der Waals surface area contributed by atoms with Crippen molar-refractivity contribution >= 4 is 17.7 Å². The zero-order valence-electron chi connectivity index (χ0n) is 11.1. The molecule has 1 saturated heterocycles. The van der Waals surface area contributed by atoms with Crippen LogP contribution in [-0.4, -0.2) is 41.1 Å². The fourth-order valence-corrected chi connectivity index (χ4v) is 2.82. The maximum absolute atomic E-state index is 12.2. The average molecular weight is 275 g/mol. The number of carbonyl (C=O) groups is 2. The first-order chi connectivity index (χ1) is 9.65. The molecule has 1 aromatic carbocycles. The van der Waals surface area contributed by atoms with Gasteiger partial charge in [-0.2, -0.15) is 0 Å². The van der Waals surface area contributed by atoms with Crippen molar-refractivity contribution in [1.29, 1.82) is 0 Å². The highest BCUT2D eigenvalue weighted by Gasteiger charge is 2.30. The number of benzene rings is 1. The van der Waals surface area contributed by atoms with Gasteiger partial charge in [0.2, 0.25) is 0 Å². The van der Waals surface area contributed by atoms with E-state index in [0.29, 0.717) is 12.2 Å². The zero-order chi connectivity index (χ0) is 14.1. The molecule has 0 atom stereocenters.